The second kappa shape index (κ2) is 21.0. The third-order valence-corrected chi connectivity index (χ3v) is 6.13. The summed E-state index contributed by atoms with van der Waals surface area (Å²) < 4.78 is 0. The Kier molecular flexibility index (Phi) is 18.1. The molecule has 0 bridgehead atoms. The van der Waals surface area contributed by atoms with Crippen LogP contribution in [0.1, 0.15) is 25.7 Å². The third-order valence-electron chi connectivity index (χ3n) is 6.13. The van der Waals surface area contributed by atoms with Gasteiger partial charge in [-0.25, -0.2) is 0 Å². The summed E-state index contributed by atoms with van der Waals surface area (Å²) >= 11 is 0. The van der Waals surface area contributed by atoms with E-state index in [1.807, 2.05) is 0 Å². The van der Waals surface area contributed by atoms with Gasteiger partial charge in [0.05, 0.1) is 0 Å². The Labute approximate surface area is 197 Å². The van der Waals surface area contributed by atoms with Gasteiger partial charge < -0.3 is 31.9 Å². The predicted molar refractivity (Wildman–Crippen MR) is 138 cm³/mol. The van der Waals surface area contributed by atoms with E-state index in [9.17, 15) is 0 Å². The molecule has 2 aliphatic rings. The molecule has 2 saturated heterocycles. The first-order valence-corrected chi connectivity index (χ1v) is 13.3. The van der Waals surface area contributed by atoms with Crippen molar-refractivity contribution in [2.75, 3.05) is 118 Å². The van der Waals surface area contributed by atoms with Gasteiger partial charge in [-0.15, -0.1) is 0 Å². The third kappa shape index (κ3) is 16.1. The fourth-order valence-corrected chi connectivity index (χ4v) is 4.15. The molecular formula is C24H52N8. The number of nitrogens with zero attached hydrogens (tertiary/aromatic N) is 2. The Morgan fingerprint density at radius 1 is 0.375 bits per heavy atom. The van der Waals surface area contributed by atoms with Gasteiger partial charge in [-0.2, -0.15) is 0 Å². The molecular weight excluding hydrogens is 400 g/mol. The molecule has 2 heterocycles. The van der Waals surface area contributed by atoms with E-state index >= 15 is 0 Å². The van der Waals surface area contributed by atoms with Gasteiger partial charge >= 0.3 is 0 Å². The number of rotatable bonds is 4. The maximum absolute atomic E-state index is 3.61. The van der Waals surface area contributed by atoms with Crippen molar-refractivity contribution in [3.8, 4) is 0 Å². The molecule has 0 spiro atoms. The van der Waals surface area contributed by atoms with Crippen molar-refractivity contribution >= 4 is 0 Å². The monoisotopic (exact) mass is 452 g/mol. The van der Waals surface area contributed by atoms with E-state index in [1.165, 1.54) is 38.8 Å². The number of hydrogen-bond acceptors (Lipinski definition) is 8. The van der Waals surface area contributed by atoms with Crippen LogP contribution in [0.15, 0.2) is 12.2 Å². The Hall–Kier alpha value is -0.580. The van der Waals surface area contributed by atoms with Crippen LogP contribution in [0.5, 0.6) is 0 Å². The van der Waals surface area contributed by atoms with Gasteiger partial charge in [0.15, 0.2) is 0 Å². The minimum atomic E-state index is 1.06. The summed E-state index contributed by atoms with van der Waals surface area (Å²) in [6.45, 7) is 19.8. The first-order valence-electron chi connectivity index (χ1n) is 13.3. The van der Waals surface area contributed by atoms with Crippen LogP contribution in [0.2, 0.25) is 0 Å². The highest BCUT2D eigenvalue weighted by Gasteiger charge is 2.05. The van der Waals surface area contributed by atoms with Crippen LogP contribution in [-0.4, -0.2) is 128 Å². The lowest BCUT2D eigenvalue weighted by Gasteiger charge is -2.23. The minimum absolute atomic E-state index is 1.06. The number of nitrogens with one attached hydrogen (secondary N) is 6. The summed E-state index contributed by atoms with van der Waals surface area (Å²) in [6, 6.07) is 0. The fourth-order valence-electron chi connectivity index (χ4n) is 4.15. The molecule has 0 unspecified atom stereocenters. The van der Waals surface area contributed by atoms with Crippen molar-refractivity contribution < 1.29 is 0 Å². The molecule has 8 nitrogen and oxygen atoms in total. The van der Waals surface area contributed by atoms with Crippen molar-refractivity contribution in [1.29, 1.82) is 0 Å². The van der Waals surface area contributed by atoms with Crippen LogP contribution in [-0.2, 0) is 0 Å². The summed E-state index contributed by atoms with van der Waals surface area (Å²) in [4.78, 5) is 5.19. The molecule has 32 heavy (non-hydrogen) atoms. The highest BCUT2D eigenvalue weighted by Crippen LogP contribution is 1.96. The molecule has 2 aliphatic heterocycles. The molecule has 0 aromatic heterocycles. The van der Waals surface area contributed by atoms with Gasteiger partial charge in [-0.3, -0.25) is 9.80 Å². The maximum Gasteiger partial charge on any atom is 0.0164 e. The Morgan fingerprint density at radius 2 is 0.719 bits per heavy atom. The van der Waals surface area contributed by atoms with Crippen LogP contribution < -0.4 is 31.9 Å². The maximum atomic E-state index is 3.61. The van der Waals surface area contributed by atoms with Gasteiger partial charge in [0.1, 0.15) is 0 Å². The van der Waals surface area contributed by atoms with Crippen molar-refractivity contribution in [3.05, 3.63) is 12.2 Å². The second-order valence-electron chi connectivity index (χ2n) is 8.99. The summed E-state index contributed by atoms with van der Waals surface area (Å²) in [5.74, 6) is 0. The summed E-state index contributed by atoms with van der Waals surface area (Å²) in [7, 11) is 0. The fraction of sp³-hybridized carbons (Fsp3) is 0.917. The van der Waals surface area contributed by atoms with E-state index in [1.54, 1.807) is 0 Å². The predicted octanol–water partition coefficient (Wildman–Crippen LogP) is -0.728. The van der Waals surface area contributed by atoms with Crippen LogP contribution in [0.4, 0.5) is 0 Å². The van der Waals surface area contributed by atoms with Gasteiger partial charge in [0.2, 0.25) is 0 Å². The standard InChI is InChI=1S/C24H52N8/c1(19-31-21-5-11-27-15-13-25-7-3-9-29-17-23-31)2-20-32-22-6-12-28-16-14-26-8-4-10-30-18-24-32/h1-2,25-30H,3-24H2/b2-1+. The lowest BCUT2D eigenvalue weighted by atomic mass is 10.3. The molecule has 188 valence electrons. The molecule has 2 fully saturated rings. The van der Waals surface area contributed by atoms with Crippen LogP contribution in [0, 0.1) is 0 Å². The van der Waals surface area contributed by atoms with Gasteiger partial charge in [0.25, 0.3) is 0 Å². The van der Waals surface area contributed by atoms with Crippen LogP contribution in [0.3, 0.4) is 0 Å². The zero-order chi connectivity index (χ0) is 22.4. The Bertz CT molecular complexity index is 368. The van der Waals surface area contributed by atoms with E-state index < -0.39 is 0 Å². The molecule has 6 N–H and O–H groups in total. The highest BCUT2D eigenvalue weighted by molar-refractivity contribution is 4.88. The molecule has 0 aliphatic carbocycles. The second-order valence-corrected chi connectivity index (χ2v) is 8.99. The van der Waals surface area contributed by atoms with Gasteiger partial charge in [-0.05, 0) is 78.0 Å². The smallest absolute Gasteiger partial charge is 0.0164 e. The lowest BCUT2D eigenvalue weighted by molar-refractivity contribution is 0.287. The molecule has 0 atom stereocenters. The summed E-state index contributed by atoms with van der Waals surface area (Å²) in [5.41, 5.74) is 0. The molecule has 0 aromatic carbocycles. The topological polar surface area (TPSA) is 78.7 Å². The average molecular weight is 453 g/mol. The molecule has 2 rings (SSSR count). The first kappa shape index (κ1) is 27.7. The van der Waals surface area contributed by atoms with Crippen molar-refractivity contribution in [1.82, 2.24) is 41.7 Å². The zero-order valence-electron chi connectivity index (χ0n) is 20.6. The largest absolute Gasteiger partial charge is 0.315 e. The van der Waals surface area contributed by atoms with Crippen molar-refractivity contribution in [3.63, 3.8) is 0 Å². The molecule has 0 saturated carbocycles. The van der Waals surface area contributed by atoms with E-state index in [-0.39, 0.29) is 0 Å². The minimum Gasteiger partial charge on any atom is -0.315 e. The number of hydrogen-bond donors (Lipinski definition) is 6. The van der Waals surface area contributed by atoms with Crippen LogP contribution >= 0.6 is 0 Å². The van der Waals surface area contributed by atoms with Crippen molar-refractivity contribution in [2.45, 2.75) is 25.7 Å². The lowest BCUT2D eigenvalue weighted by Crippen LogP contribution is -2.37. The molecule has 0 aromatic rings. The average Bonchev–Trinajstić information content (AvgIpc) is 2.81. The quantitative estimate of drug-likeness (QED) is 0.312. The first-order chi connectivity index (χ1) is 15.9. The normalized spacial score (nSPS) is 24.6. The van der Waals surface area contributed by atoms with Crippen LogP contribution in [0.25, 0.3) is 0 Å². The van der Waals surface area contributed by atoms with Crippen molar-refractivity contribution in [2.24, 2.45) is 0 Å². The SMILES string of the molecule is C(=C\CN1CCCNCCNCCCNCC1)/CN1CCCNCCNCCCNCC1. The Balaban J connectivity index is 1.69. The Morgan fingerprint density at radius 3 is 1.12 bits per heavy atom. The summed E-state index contributed by atoms with van der Waals surface area (Å²) in [6.07, 6.45) is 9.63. The molecule has 0 radical (unpaired) electrons. The van der Waals surface area contributed by atoms with E-state index in [0.29, 0.717) is 0 Å². The van der Waals surface area contributed by atoms with E-state index in [0.717, 1.165) is 105 Å². The van der Waals surface area contributed by atoms with Gasteiger partial charge in [0, 0.05) is 65.4 Å². The molecule has 8 heteroatoms. The highest BCUT2D eigenvalue weighted by atomic mass is 15.1. The van der Waals surface area contributed by atoms with E-state index in [2.05, 4.69) is 53.9 Å². The molecule has 0 amide bonds. The zero-order valence-corrected chi connectivity index (χ0v) is 20.6. The van der Waals surface area contributed by atoms with Gasteiger partial charge in [-0.1, -0.05) is 12.2 Å². The van der Waals surface area contributed by atoms with E-state index in [4.69, 9.17) is 0 Å². The summed E-state index contributed by atoms with van der Waals surface area (Å²) in [5, 5.41) is 21.3.